The summed E-state index contributed by atoms with van der Waals surface area (Å²) in [6, 6.07) is 20.0. The Kier molecular flexibility index (Phi) is 2.71. The highest BCUT2D eigenvalue weighted by molar-refractivity contribution is 6.01. The topological polar surface area (TPSA) is 29.6 Å². The van der Waals surface area contributed by atoms with Crippen LogP contribution in [0.4, 0.5) is 0 Å². The first-order chi connectivity index (χ1) is 9.84. The lowest BCUT2D eigenvalue weighted by molar-refractivity contribution is 0.0953. The average molecular weight is 264 g/mol. The minimum Gasteiger partial charge on any atom is -0.361 e. The Morgan fingerprint density at radius 1 is 0.950 bits per heavy atom. The van der Waals surface area contributed by atoms with Crippen LogP contribution in [0.5, 0.6) is 0 Å². The third-order valence-electron chi connectivity index (χ3n) is 4.33. The molecule has 2 aromatic carbocycles. The largest absolute Gasteiger partial charge is 0.361 e. The smallest absolute Gasteiger partial charge is 0.194 e. The van der Waals surface area contributed by atoms with Crippen molar-refractivity contribution in [3.05, 3.63) is 71.8 Å². The monoisotopic (exact) mass is 264 g/mol. The van der Waals surface area contributed by atoms with Crippen molar-refractivity contribution in [1.82, 2.24) is 0 Å². The van der Waals surface area contributed by atoms with E-state index >= 15 is 0 Å². The summed E-state index contributed by atoms with van der Waals surface area (Å²) < 4.78 is 5.66. The summed E-state index contributed by atoms with van der Waals surface area (Å²) in [5.41, 5.74) is 2.14. The first-order valence-corrected chi connectivity index (χ1v) is 7.14. The number of benzene rings is 2. The van der Waals surface area contributed by atoms with E-state index in [4.69, 9.17) is 4.74 Å². The lowest BCUT2D eigenvalue weighted by Gasteiger charge is -1.98. The van der Waals surface area contributed by atoms with Crippen molar-refractivity contribution in [3.8, 4) is 0 Å². The zero-order valence-corrected chi connectivity index (χ0v) is 11.1. The maximum Gasteiger partial charge on any atom is 0.194 e. The van der Waals surface area contributed by atoms with E-state index in [1.54, 1.807) is 0 Å². The highest BCUT2D eigenvalue weighted by Crippen LogP contribution is 2.55. The van der Waals surface area contributed by atoms with Crippen molar-refractivity contribution in [1.29, 1.82) is 0 Å². The van der Waals surface area contributed by atoms with Crippen LogP contribution >= 0.6 is 0 Å². The van der Waals surface area contributed by atoms with Gasteiger partial charge in [-0.1, -0.05) is 60.7 Å². The molecule has 1 saturated heterocycles. The number of Topliss-reactive ketones (excluding diaryl/α,β-unsaturated/α-hetero) is 1. The fraction of sp³-hybridized carbons (Fsp3) is 0.278. The molecule has 0 bridgehead atoms. The molecular weight excluding hydrogens is 248 g/mol. The SMILES string of the molecule is O=C(c1ccccc1)[C@H]1O[C@@H]1C1CC1c1ccccc1. The average Bonchev–Trinajstić information content (AvgIpc) is 3.39. The normalized spacial score (nSPS) is 30.8. The first-order valence-electron chi connectivity index (χ1n) is 7.14. The predicted octanol–water partition coefficient (Wildman–Crippen LogP) is 3.44. The lowest BCUT2D eigenvalue weighted by atomic mass is 10.0. The summed E-state index contributed by atoms with van der Waals surface area (Å²) >= 11 is 0. The molecule has 4 atom stereocenters. The van der Waals surface area contributed by atoms with Crippen LogP contribution in [0.1, 0.15) is 28.3 Å². The Hall–Kier alpha value is -1.93. The molecule has 100 valence electrons. The van der Waals surface area contributed by atoms with Gasteiger partial charge in [0.1, 0.15) is 6.10 Å². The molecule has 2 aliphatic rings. The molecule has 2 heteroatoms. The Balaban J connectivity index is 1.41. The summed E-state index contributed by atoms with van der Waals surface area (Å²) in [6.07, 6.45) is 1.07. The second-order valence-electron chi connectivity index (χ2n) is 5.67. The van der Waals surface area contributed by atoms with E-state index in [1.807, 2.05) is 36.4 Å². The number of carbonyl (C=O) groups is 1. The number of ketones is 1. The van der Waals surface area contributed by atoms with Crippen LogP contribution in [0.15, 0.2) is 60.7 Å². The highest BCUT2D eigenvalue weighted by Gasteiger charge is 2.58. The van der Waals surface area contributed by atoms with Gasteiger partial charge in [0.2, 0.25) is 0 Å². The molecule has 0 aromatic heterocycles. The van der Waals surface area contributed by atoms with Crippen molar-refractivity contribution < 1.29 is 9.53 Å². The molecule has 0 amide bonds. The van der Waals surface area contributed by atoms with Gasteiger partial charge in [-0.05, 0) is 23.8 Å². The molecule has 1 saturated carbocycles. The molecule has 1 aliphatic carbocycles. The number of ether oxygens (including phenoxy) is 1. The fourth-order valence-corrected chi connectivity index (χ4v) is 3.09. The van der Waals surface area contributed by atoms with Gasteiger partial charge in [0.25, 0.3) is 0 Å². The van der Waals surface area contributed by atoms with Crippen molar-refractivity contribution in [2.75, 3.05) is 0 Å². The van der Waals surface area contributed by atoms with Crippen molar-refractivity contribution in [2.24, 2.45) is 5.92 Å². The molecule has 0 radical (unpaired) electrons. The van der Waals surface area contributed by atoms with Gasteiger partial charge >= 0.3 is 0 Å². The highest BCUT2D eigenvalue weighted by atomic mass is 16.6. The molecule has 2 aromatic rings. The van der Waals surface area contributed by atoms with Crippen molar-refractivity contribution in [2.45, 2.75) is 24.5 Å². The number of hydrogen-bond donors (Lipinski definition) is 0. The summed E-state index contributed by atoms with van der Waals surface area (Å²) in [5.74, 6) is 1.24. The van der Waals surface area contributed by atoms with Crippen LogP contribution in [0, 0.1) is 5.92 Å². The minimum atomic E-state index is -0.212. The standard InChI is InChI=1S/C18H16O2/c19-16(13-9-5-2-6-10-13)18-17(20-18)15-11-14(15)12-7-3-1-4-8-12/h1-10,14-15,17-18H,11H2/t14?,15?,17-,18-/m1/s1. The molecule has 4 rings (SSSR count). The van der Waals surface area contributed by atoms with Gasteiger partial charge in [-0.25, -0.2) is 0 Å². The number of epoxide rings is 1. The van der Waals surface area contributed by atoms with Crippen LogP contribution in [0.2, 0.25) is 0 Å². The quantitative estimate of drug-likeness (QED) is 0.625. The van der Waals surface area contributed by atoms with Crippen LogP contribution in [0.3, 0.4) is 0 Å². The van der Waals surface area contributed by atoms with Crippen LogP contribution in [0.25, 0.3) is 0 Å². The van der Waals surface area contributed by atoms with E-state index in [0.717, 1.165) is 12.0 Å². The maximum absolute atomic E-state index is 12.3. The van der Waals surface area contributed by atoms with Gasteiger partial charge in [-0.2, -0.15) is 0 Å². The lowest BCUT2D eigenvalue weighted by Crippen LogP contribution is -2.11. The Morgan fingerprint density at radius 3 is 2.30 bits per heavy atom. The minimum absolute atomic E-state index is 0.132. The predicted molar refractivity (Wildman–Crippen MR) is 76.7 cm³/mol. The third-order valence-corrected chi connectivity index (χ3v) is 4.33. The van der Waals surface area contributed by atoms with Gasteiger partial charge in [-0.3, -0.25) is 4.79 Å². The Bertz CT molecular complexity index is 620. The van der Waals surface area contributed by atoms with Gasteiger partial charge in [-0.15, -0.1) is 0 Å². The van der Waals surface area contributed by atoms with E-state index in [9.17, 15) is 4.79 Å². The second kappa shape index (κ2) is 4.57. The molecule has 0 spiro atoms. The fourth-order valence-electron chi connectivity index (χ4n) is 3.09. The Morgan fingerprint density at radius 2 is 1.60 bits per heavy atom. The van der Waals surface area contributed by atoms with Crippen molar-refractivity contribution in [3.63, 3.8) is 0 Å². The third kappa shape index (κ3) is 2.06. The summed E-state index contributed by atoms with van der Waals surface area (Å²) in [7, 11) is 0. The molecule has 1 heterocycles. The molecule has 1 aliphatic heterocycles. The number of carbonyl (C=O) groups excluding carboxylic acids is 1. The maximum atomic E-state index is 12.3. The van der Waals surface area contributed by atoms with E-state index in [2.05, 4.69) is 24.3 Å². The molecular formula is C18H16O2. The Labute approximate surface area is 118 Å². The first kappa shape index (κ1) is 11.9. The van der Waals surface area contributed by atoms with E-state index in [1.165, 1.54) is 5.56 Å². The summed E-state index contributed by atoms with van der Waals surface area (Å²) in [6.45, 7) is 0. The second-order valence-corrected chi connectivity index (χ2v) is 5.67. The van der Waals surface area contributed by atoms with E-state index in [-0.39, 0.29) is 18.0 Å². The van der Waals surface area contributed by atoms with Crippen LogP contribution in [-0.2, 0) is 4.74 Å². The van der Waals surface area contributed by atoms with Gasteiger partial charge in [0, 0.05) is 5.56 Å². The number of hydrogen-bond acceptors (Lipinski definition) is 2. The van der Waals surface area contributed by atoms with Gasteiger partial charge in [0.05, 0.1) is 6.10 Å². The molecule has 2 unspecified atom stereocenters. The number of rotatable bonds is 4. The van der Waals surface area contributed by atoms with Crippen LogP contribution < -0.4 is 0 Å². The van der Waals surface area contributed by atoms with Crippen LogP contribution in [-0.4, -0.2) is 18.0 Å². The van der Waals surface area contributed by atoms with E-state index < -0.39 is 0 Å². The van der Waals surface area contributed by atoms with Crippen molar-refractivity contribution >= 4 is 5.78 Å². The zero-order valence-electron chi connectivity index (χ0n) is 11.1. The summed E-state index contributed by atoms with van der Waals surface area (Å²) in [4.78, 5) is 12.3. The molecule has 2 fully saturated rings. The van der Waals surface area contributed by atoms with Gasteiger partial charge in [0.15, 0.2) is 5.78 Å². The van der Waals surface area contributed by atoms with Gasteiger partial charge < -0.3 is 4.74 Å². The summed E-state index contributed by atoms with van der Waals surface area (Å²) in [5, 5.41) is 0. The molecule has 2 nitrogen and oxygen atoms in total. The van der Waals surface area contributed by atoms with E-state index in [0.29, 0.717) is 11.8 Å². The molecule has 20 heavy (non-hydrogen) atoms. The molecule has 0 N–H and O–H groups in total. The zero-order chi connectivity index (χ0) is 13.5.